The molecule has 2 heteroatoms. The molecule has 0 spiro atoms. The summed E-state index contributed by atoms with van der Waals surface area (Å²) in [5.74, 6) is 0.431. The van der Waals surface area contributed by atoms with E-state index in [1.165, 1.54) is 6.42 Å². The van der Waals surface area contributed by atoms with Gasteiger partial charge in [-0.3, -0.25) is 4.90 Å². The van der Waals surface area contributed by atoms with E-state index in [4.69, 9.17) is 5.11 Å². The lowest BCUT2D eigenvalue weighted by Gasteiger charge is -2.46. The number of aliphatic hydroxyl groups is 1. The van der Waals surface area contributed by atoms with Gasteiger partial charge in [0, 0.05) is 25.2 Å². The molecular weight excluding hydrogens is 138 g/mol. The molecule has 0 amide bonds. The molecule has 11 heavy (non-hydrogen) atoms. The topological polar surface area (TPSA) is 23.5 Å². The Morgan fingerprint density at radius 3 is 2.36 bits per heavy atom. The molecule has 0 bridgehead atoms. The molecule has 1 aliphatic rings. The van der Waals surface area contributed by atoms with Crippen LogP contribution in [0.4, 0.5) is 0 Å². The number of hydrogen-bond donors (Lipinski definition) is 1. The molecule has 1 N–H and O–H groups in total. The quantitative estimate of drug-likeness (QED) is 0.663. The van der Waals surface area contributed by atoms with Gasteiger partial charge in [-0.15, -0.1) is 0 Å². The van der Waals surface area contributed by atoms with Crippen LogP contribution >= 0.6 is 0 Å². The van der Waals surface area contributed by atoms with Crippen molar-refractivity contribution in [2.24, 2.45) is 5.92 Å². The summed E-state index contributed by atoms with van der Waals surface area (Å²) in [7, 11) is 0. The number of nitrogens with zero attached hydrogens (tertiary/aromatic N) is 1. The minimum Gasteiger partial charge on any atom is -0.396 e. The van der Waals surface area contributed by atoms with Gasteiger partial charge >= 0.3 is 0 Å². The first-order valence-corrected chi connectivity index (χ1v) is 4.51. The Labute approximate surface area is 69.2 Å². The predicted molar refractivity (Wildman–Crippen MR) is 46.5 cm³/mol. The summed E-state index contributed by atoms with van der Waals surface area (Å²) < 4.78 is 0. The zero-order valence-electron chi connectivity index (χ0n) is 7.75. The Morgan fingerprint density at radius 1 is 1.45 bits per heavy atom. The average Bonchev–Trinajstić information content (AvgIpc) is 2.00. The van der Waals surface area contributed by atoms with E-state index in [0.717, 1.165) is 18.6 Å². The second kappa shape index (κ2) is 3.55. The van der Waals surface area contributed by atoms with E-state index in [-0.39, 0.29) is 0 Å². The molecule has 0 saturated carbocycles. The molecule has 1 heterocycles. The number of likely N-dealkylation sites (tertiary alicyclic amines) is 1. The molecule has 0 aromatic heterocycles. The van der Waals surface area contributed by atoms with Crippen LogP contribution < -0.4 is 0 Å². The van der Waals surface area contributed by atoms with E-state index >= 15 is 0 Å². The van der Waals surface area contributed by atoms with Gasteiger partial charge in [-0.1, -0.05) is 6.92 Å². The van der Waals surface area contributed by atoms with Crippen LogP contribution in [0.3, 0.4) is 0 Å². The fourth-order valence-electron chi connectivity index (χ4n) is 1.84. The van der Waals surface area contributed by atoms with Crippen LogP contribution in [-0.2, 0) is 0 Å². The molecule has 0 radical (unpaired) electrons. The van der Waals surface area contributed by atoms with Gasteiger partial charge in [0.15, 0.2) is 0 Å². The average molecular weight is 157 g/mol. The Hall–Kier alpha value is -0.0800. The SMILES string of the molecule is CC(CO)CN1C(C)CC1C. The van der Waals surface area contributed by atoms with E-state index in [1.807, 2.05) is 0 Å². The number of rotatable bonds is 3. The van der Waals surface area contributed by atoms with Crippen LogP contribution in [0.15, 0.2) is 0 Å². The van der Waals surface area contributed by atoms with Crippen LogP contribution in [0.25, 0.3) is 0 Å². The second-order valence-electron chi connectivity index (χ2n) is 3.92. The van der Waals surface area contributed by atoms with Crippen LogP contribution in [0.5, 0.6) is 0 Å². The maximum atomic E-state index is 8.85. The Kier molecular flexibility index (Phi) is 2.90. The van der Waals surface area contributed by atoms with Crippen LogP contribution in [0.1, 0.15) is 27.2 Å². The van der Waals surface area contributed by atoms with E-state index < -0.39 is 0 Å². The molecule has 1 saturated heterocycles. The second-order valence-corrected chi connectivity index (χ2v) is 3.92. The normalized spacial score (nSPS) is 34.9. The number of aliphatic hydroxyl groups excluding tert-OH is 1. The lowest BCUT2D eigenvalue weighted by molar-refractivity contribution is 0.0160. The molecule has 66 valence electrons. The zero-order valence-corrected chi connectivity index (χ0v) is 7.75. The lowest BCUT2D eigenvalue weighted by atomic mass is 9.94. The van der Waals surface area contributed by atoms with E-state index in [1.54, 1.807) is 0 Å². The van der Waals surface area contributed by atoms with Crippen molar-refractivity contribution in [1.29, 1.82) is 0 Å². The largest absolute Gasteiger partial charge is 0.396 e. The molecule has 0 aromatic rings. The molecule has 3 atom stereocenters. The highest BCUT2D eigenvalue weighted by molar-refractivity contribution is 4.87. The van der Waals surface area contributed by atoms with Gasteiger partial charge < -0.3 is 5.11 Å². The highest BCUT2D eigenvalue weighted by Gasteiger charge is 2.31. The molecule has 1 aliphatic heterocycles. The van der Waals surface area contributed by atoms with E-state index in [0.29, 0.717) is 12.5 Å². The first kappa shape index (κ1) is 9.01. The Balaban J connectivity index is 2.25. The molecule has 0 aliphatic carbocycles. The zero-order chi connectivity index (χ0) is 8.43. The first-order chi connectivity index (χ1) is 5.15. The van der Waals surface area contributed by atoms with Crippen LogP contribution in [0, 0.1) is 5.92 Å². The van der Waals surface area contributed by atoms with Crippen LogP contribution in [-0.4, -0.2) is 35.2 Å². The summed E-state index contributed by atoms with van der Waals surface area (Å²) >= 11 is 0. The van der Waals surface area contributed by atoms with Gasteiger partial charge in [0.05, 0.1) is 0 Å². The molecule has 1 rings (SSSR count). The van der Waals surface area contributed by atoms with Gasteiger partial charge in [-0.2, -0.15) is 0 Å². The molecule has 3 unspecified atom stereocenters. The third kappa shape index (κ3) is 1.94. The summed E-state index contributed by atoms with van der Waals surface area (Å²) in [6.07, 6.45) is 1.32. The molecule has 2 nitrogen and oxygen atoms in total. The number of hydrogen-bond acceptors (Lipinski definition) is 2. The van der Waals surface area contributed by atoms with Crippen molar-refractivity contribution in [3.05, 3.63) is 0 Å². The van der Waals surface area contributed by atoms with Crippen LogP contribution in [0.2, 0.25) is 0 Å². The Bertz CT molecular complexity index is 119. The van der Waals surface area contributed by atoms with Gasteiger partial charge in [-0.25, -0.2) is 0 Å². The van der Waals surface area contributed by atoms with Gasteiger partial charge in [-0.05, 0) is 26.2 Å². The minimum absolute atomic E-state index is 0.315. The van der Waals surface area contributed by atoms with E-state index in [2.05, 4.69) is 25.7 Å². The molecular formula is C9H19NO. The van der Waals surface area contributed by atoms with Crippen molar-refractivity contribution in [2.75, 3.05) is 13.2 Å². The maximum Gasteiger partial charge on any atom is 0.0468 e. The van der Waals surface area contributed by atoms with Crippen molar-refractivity contribution < 1.29 is 5.11 Å². The standard InChI is InChI=1S/C9H19NO/c1-7(6-11)5-10-8(2)4-9(10)3/h7-9,11H,4-6H2,1-3H3. The smallest absolute Gasteiger partial charge is 0.0468 e. The van der Waals surface area contributed by atoms with Crippen molar-refractivity contribution in [3.63, 3.8) is 0 Å². The van der Waals surface area contributed by atoms with Gasteiger partial charge in [0.2, 0.25) is 0 Å². The Morgan fingerprint density at radius 2 is 2.00 bits per heavy atom. The summed E-state index contributed by atoms with van der Waals surface area (Å²) in [6.45, 7) is 7.97. The monoisotopic (exact) mass is 157 g/mol. The fourth-order valence-corrected chi connectivity index (χ4v) is 1.84. The first-order valence-electron chi connectivity index (χ1n) is 4.51. The lowest BCUT2D eigenvalue weighted by Crippen LogP contribution is -2.54. The molecule has 0 aromatic carbocycles. The summed E-state index contributed by atoms with van der Waals surface area (Å²) in [5.41, 5.74) is 0. The van der Waals surface area contributed by atoms with E-state index in [9.17, 15) is 0 Å². The van der Waals surface area contributed by atoms with Crippen molar-refractivity contribution in [2.45, 2.75) is 39.3 Å². The third-order valence-corrected chi connectivity index (χ3v) is 2.65. The third-order valence-electron chi connectivity index (χ3n) is 2.65. The fraction of sp³-hybridized carbons (Fsp3) is 1.00. The molecule has 1 fully saturated rings. The van der Waals surface area contributed by atoms with Gasteiger partial charge in [0.25, 0.3) is 0 Å². The van der Waals surface area contributed by atoms with Crippen molar-refractivity contribution >= 4 is 0 Å². The summed E-state index contributed by atoms with van der Waals surface area (Å²) in [4.78, 5) is 2.46. The summed E-state index contributed by atoms with van der Waals surface area (Å²) in [5, 5.41) is 8.85. The van der Waals surface area contributed by atoms with Crippen molar-refractivity contribution in [1.82, 2.24) is 4.90 Å². The van der Waals surface area contributed by atoms with Gasteiger partial charge in [0.1, 0.15) is 0 Å². The van der Waals surface area contributed by atoms with Crippen molar-refractivity contribution in [3.8, 4) is 0 Å². The highest BCUT2D eigenvalue weighted by Crippen LogP contribution is 2.25. The highest BCUT2D eigenvalue weighted by atomic mass is 16.3. The minimum atomic E-state index is 0.315. The summed E-state index contributed by atoms with van der Waals surface area (Å²) in [6, 6.07) is 1.47. The maximum absolute atomic E-state index is 8.85. The predicted octanol–water partition coefficient (Wildman–Crippen LogP) is 1.10.